The van der Waals surface area contributed by atoms with Crippen molar-refractivity contribution >= 4 is 11.6 Å². The van der Waals surface area contributed by atoms with Crippen molar-refractivity contribution in [1.29, 1.82) is 0 Å². The third-order valence-electron chi connectivity index (χ3n) is 4.44. The van der Waals surface area contributed by atoms with Crippen LogP contribution in [0.2, 0.25) is 0 Å². The number of guanidine groups is 1. The summed E-state index contributed by atoms with van der Waals surface area (Å²) < 4.78 is 0. The van der Waals surface area contributed by atoms with Gasteiger partial charge in [-0.1, -0.05) is 19.1 Å². The Morgan fingerprint density at radius 1 is 1.36 bits per heavy atom. The molecule has 1 aliphatic heterocycles. The van der Waals surface area contributed by atoms with Gasteiger partial charge in [0.15, 0.2) is 5.96 Å². The van der Waals surface area contributed by atoms with E-state index in [4.69, 9.17) is 5.73 Å². The van der Waals surface area contributed by atoms with Gasteiger partial charge in [-0.15, -0.1) is 0 Å². The second kappa shape index (κ2) is 8.18. The van der Waals surface area contributed by atoms with Crippen LogP contribution in [0.3, 0.4) is 0 Å². The number of likely N-dealkylation sites (tertiary alicyclic amines) is 1. The molecular weight excluding hydrogens is 272 g/mol. The van der Waals surface area contributed by atoms with E-state index >= 15 is 0 Å². The van der Waals surface area contributed by atoms with Crippen LogP contribution in [-0.2, 0) is 6.42 Å². The summed E-state index contributed by atoms with van der Waals surface area (Å²) in [6.45, 7) is 9.86. The monoisotopic (exact) mass is 302 g/mol. The Kier molecular flexibility index (Phi) is 6.25. The largest absolute Gasteiger partial charge is 0.370 e. The van der Waals surface area contributed by atoms with Crippen molar-refractivity contribution in [3.63, 3.8) is 0 Å². The zero-order chi connectivity index (χ0) is 15.9. The lowest BCUT2D eigenvalue weighted by Crippen LogP contribution is -2.41. The highest BCUT2D eigenvalue weighted by Crippen LogP contribution is 2.18. The van der Waals surface area contributed by atoms with Gasteiger partial charge in [0.2, 0.25) is 0 Å². The van der Waals surface area contributed by atoms with E-state index in [0.29, 0.717) is 17.9 Å². The lowest BCUT2D eigenvalue weighted by Gasteiger charge is -2.34. The molecule has 1 aliphatic rings. The first-order valence-corrected chi connectivity index (χ1v) is 8.48. The first-order chi connectivity index (χ1) is 10.6. The second-order valence-electron chi connectivity index (χ2n) is 6.50. The summed E-state index contributed by atoms with van der Waals surface area (Å²) in [7, 11) is 0. The van der Waals surface area contributed by atoms with E-state index in [9.17, 15) is 0 Å². The molecule has 1 atom stereocenters. The molecule has 0 bridgehead atoms. The summed E-state index contributed by atoms with van der Waals surface area (Å²) in [4.78, 5) is 7.07. The summed E-state index contributed by atoms with van der Waals surface area (Å²) in [6.07, 6.45) is 3.58. The van der Waals surface area contributed by atoms with Crippen LogP contribution < -0.4 is 11.1 Å². The number of anilines is 1. The lowest BCUT2D eigenvalue weighted by atomic mass is 9.97. The molecule has 1 aromatic carbocycles. The highest BCUT2D eigenvalue weighted by molar-refractivity contribution is 5.92. The predicted octanol–water partition coefficient (Wildman–Crippen LogP) is 3.10. The maximum absolute atomic E-state index is 6.01. The van der Waals surface area contributed by atoms with Crippen LogP contribution >= 0.6 is 0 Å². The number of rotatable bonds is 5. The minimum absolute atomic E-state index is 0.519. The van der Waals surface area contributed by atoms with E-state index in [1.807, 2.05) is 0 Å². The molecule has 4 nitrogen and oxygen atoms in total. The molecule has 1 fully saturated rings. The molecule has 0 amide bonds. The van der Waals surface area contributed by atoms with Crippen molar-refractivity contribution in [2.24, 2.45) is 16.6 Å². The zero-order valence-electron chi connectivity index (χ0n) is 14.2. The lowest BCUT2D eigenvalue weighted by molar-refractivity contribution is 0.143. The third kappa shape index (κ3) is 5.02. The topological polar surface area (TPSA) is 53.6 Å². The van der Waals surface area contributed by atoms with E-state index < -0.39 is 0 Å². The smallest absolute Gasteiger partial charge is 0.193 e. The van der Waals surface area contributed by atoms with Crippen LogP contribution in [-0.4, -0.2) is 36.5 Å². The molecule has 1 aromatic rings. The van der Waals surface area contributed by atoms with E-state index in [-0.39, 0.29) is 0 Å². The van der Waals surface area contributed by atoms with Crippen molar-refractivity contribution in [2.45, 2.75) is 46.1 Å². The minimum Gasteiger partial charge on any atom is -0.370 e. The van der Waals surface area contributed by atoms with Gasteiger partial charge in [0, 0.05) is 24.8 Å². The molecule has 0 saturated carbocycles. The molecule has 3 N–H and O–H groups in total. The number of aliphatic imine (C=N–C) groups is 1. The number of hydrogen-bond donors (Lipinski definition) is 2. The third-order valence-corrected chi connectivity index (χ3v) is 4.44. The van der Waals surface area contributed by atoms with E-state index in [2.05, 4.69) is 60.2 Å². The Bertz CT molecular complexity index is 478. The number of nitrogens with one attached hydrogen (secondary N) is 1. The first-order valence-electron chi connectivity index (χ1n) is 8.48. The van der Waals surface area contributed by atoms with Gasteiger partial charge < -0.3 is 16.0 Å². The molecule has 0 aliphatic carbocycles. The molecule has 0 radical (unpaired) electrons. The molecule has 122 valence electrons. The van der Waals surface area contributed by atoms with E-state index in [0.717, 1.165) is 25.2 Å². The molecule has 4 heteroatoms. The summed E-state index contributed by atoms with van der Waals surface area (Å²) in [5.41, 5.74) is 8.35. The van der Waals surface area contributed by atoms with Crippen molar-refractivity contribution in [1.82, 2.24) is 4.90 Å². The highest BCUT2D eigenvalue weighted by Gasteiger charge is 2.21. The average molecular weight is 302 g/mol. The molecular formula is C18H30N4. The van der Waals surface area contributed by atoms with Gasteiger partial charge in [-0.25, -0.2) is 0 Å². The van der Waals surface area contributed by atoms with Crippen molar-refractivity contribution in [3.8, 4) is 0 Å². The molecule has 1 saturated heterocycles. The van der Waals surface area contributed by atoms with Gasteiger partial charge in [0.05, 0.1) is 0 Å². The average Bonchev–Trinajstić information content (AvgIpc) is 2.54. The summed E-state index contributed by atoms with van der Waals surface area (Å²) >= 11 is 0. The molecule has 1 unspecified atom stereocenters. The van der Waals surface area contributed by atoms with Crippen LogP contribution in [0.15, 0.2) is 29.3 Å². The van der Waals surface area contributed by atoms with Crippen molar-refractivity contribution < 1.29 is 0 Å². The SMILES string of the molecule is CCc1ccc(NC(N)=NCC2CCCN(C(C)C)C2)cc1. The Morgan fingerprint density at radius 3 is 2.73 bits per heavy atom. The van der Waals surface area contributed by atoms with Crippen LogP contribution in [0.25, 0.3) is 0 Å². The molecule has 2 rings (SSSR count). The van der Waals surface area contributed by atoms with Gasteiger partial charge in [0.25, 0.3) is 0 Å². The van der Waals surface area contributed by atoms with Crippen molar-refractivity contribution in [2.75, 3.05) is 25.0 Å². The number of piperidine rings is 1. The van der Waals surface area contributed by atoms with Gasteiger partial charge in [-0.05, 0) is 63.3 Å². The maximum atomic E-state index is 6.01. The van der Waals surface area contributed by atoms with Gasteiger partial charge in [0.1, 0.15) is 0 Å². The van der Waals surface area contributed by atoms with Crippen LogP contribution in [0.5, 0.6) is 0 Å². The summed E-state index contributed by atoms with van der Waals surface area (Å²) in [6, 6.07) is 8.98. The van der Waals surface area contributed by atoms with E-state index in [1.54, 1.807) is 0 Å². The molecule has 0 spiro atoms. The van der Waals surface area contributed by atoms with Gasteiger partial charge in [-0.3, -0.25) is 4.99 Å². The van der Waals surface area contributed by atoms with Crippen molar-refractivity contribution in [3.05, 3.63) is 29.8 Å². The Labute approximate surface area is 134 Å². The fourth-order valence-corrected chi connectivity index (χ4v) is 2.95. The normalized spacial score (nSPS) is 20.4. The molecule has 0 aromatic heterocycles. The maximum Gasteiger partial charge on any atom is 0.193 e. The summed E-state index contributed by atoms with van der Waals surface area (Å²) in [5.74, 6) is 1.14. The first kappa shape index (κ1) is 16.8. The Balaban J connectivity index is 1.83. The van der Waals surface area contributed by atoms with Crippen LogP contribution in [0.1, 0.15) is 39.2 Å². The van der Waals surface area contributed by atoms with Gasteiger partial charge >= 0.3 is 0 Å². The fraction of sp³-hybridized carbons (Fsp3) is 0.611. The van der Waals surface area contributed by atoms with Gasteiger partial charge in [-0.2, -0.15) is 0 Å². The molecule has 22 heavy (non-hydrogen) atoms. The number of benzene rings is 1. The minimum atomic E-state index is 0.519. The standard InChI is InChI=1S/C18H30N4/c1-4-15-7-9-17(10-8-15)21-18(19)20-12-16-6-5-11-22(13-16)14(2)3/h7-10,14,16H,4-6,11-13H2,1-3H3,(H3,19,20,21). The van der Waals surface area contributed by atoms with Crippen LogP contribution in [0, 0.1) is 5.92 Å². The highest BCUT2D eigenvalue weighted by atomic mass is 15.2. The number of nitrogens with zero attached hydrogens (tertiary/aromatic N) is 2. The predicted molar refractivity (Wildman–Crippen MR) is 95.4 cm³/mol. The van der Waals surface area contributed by atoms with E-state index in [1.165, 1.54) is 24.9 Å². The zero-order valence-corrected chi connectivity index (χ0v) is 14.2. The Hall–Kier alpha value is -1.55. The number of hydrogen-bond acceptors (Lipinski definition) is 2. The Morgan fingerprint density at radius 2 is 2.09 bits per heavy atom. The number of aryl methyl sites for hydroxylation is 1. The quantitative estimate of drug-likeness (QED) is 0.649. The van der Waals surface area contributed by atoms with Crippen LogP contribution in [0.4, 0.5) is 5.69 Å². The number of nitrogens with two attached hydrogens (primary N) is 1. The molecule has 1 heterocycles. The fourth-order valence-electron chi connectivity index (χ4n) is 2.95. The second-order valence-corrected chi connectivity index (χ2v) is 6.50. The summed E-state index contributed by atoms with van der Waals surface area (Å²) in [5, 5.41) is 3.18.